The molecular weight excluding hydrogens is 260 g/mol. The van der Waals surface area contributed by atoms with Crippen molar-refractivity contribution in [3.05, 3.63) is 11.3 Å². The Balaban J connectivity index is 2.72. The zero-order valence-electron chi connectivity index (χ0n) is 9.22. The van der Waals surface area contributed by atoms with Gasteiger partial charge in [0.15, 0.2) is 0 Å². The molecule has 4 heteroatoms. The third-order valence-corrected chi connectivity index (χ3v) is 3.11. The summed E-state index contributed by atoms with van der Waals surface area (Å²) in [7, 11) is 0. The smallest absolute Gasteiger partial charge is 0.337 e. The van der Waals surface area contributed by atoms with Gasteiger partial charge in [0.25, 0.3) is 0 Å². The molecule has 3 nitrogen and oxygen atoms in total. The van der Waals surface area contributed by atoms with E-state index in [9.17, 15) is 4.79 Å². The van der Waals surface area contributed by atoms with Crippen molar-refractivity contribution in [1.29, 1.82) is 0 Å². The van der Waals surface area contributed by atoms with E-state index >= 15 is 0 Å². The van der Waals surface area contributed by atoms with Crippen LogP contribution in [0.3, 0.4) is 0 Å². The Morgan fingerprint density at radius 1 is 1.60 bits per heavy atom. The van der Waals surface area contributed by atoms with Crippen LogP contribution in [0.4, 0.5) is 0 Å². The highest BCUT2D eigenvalue weighted by atomic mass is 79.9. The van der Waals surface area contributed by atoms with Gasteiger partial charge < -0.3 is 9.47 Å². The summed E-state index contributed by atoms with van der Waals surface area (Å²) in [5.74, 6) is 0.589. The third-order valence-electron chi connectivity index (χ3n) is 2.39. The first-order valence-corrected chi connectivity index (χ1v) is 6.46. The topological polar surface area (TPSA) is 35.5 Å². The largest absolute Gasteiger partial charge is 0.493 e. The van der Waals surface area contributed by atoms with E-state index in [1.807, 2.05) is 13.8 Å². The normalized spacial score (nSPS) is 23.5. The minimum atomic E-state index is -0.231. The van der Waals surface area contributed by atoms with Gasteiger partial charge in [-0.2, -0.15) is 0 Å². The molecule has 1 rings (SSSR count). The number of carbonyl (C=O) groups excluding carboxylic acids is 1. The maximum absolute atomic E-state index is 11.6. The summed E-state index contributed by atoms with van der Waals surface area (Å²) < 4.78 is 10.7. The first kappa shape index (κ1) is 12.6. The van der Waals surface area contributed by atoms with Crippen LogP contribution >= 0.6 is 15.9 Å². The SMILES string of the molecule is CCOC(=O)/C(CC)=C1\CC[C@H](CBr)O1. The van der Waals surface area contributed by atoms with Crippen LogP contribution in [0.1, 0.15) is 33.1 Å². The Labute approximate surface area is 98.9 Å². The van der Waals surface area contributed by atoms with Crippen LogP contribution in [-0.2, 0) is 14.3 Å². The first-order valence-electron chi connectivity index (χ1n) is 5.34. The Morgan fingerprint density at radius 3 is 2.80 bits per heavy atom. The number of esters is 1. The van der Waals surface area contributed by atoms with E-state index in [1.165, 1.54) is 0 Å². The van der Waals surface area contributed by atoms with E-state index in [-0.39, 0.29) is 12.1 Å². The van der Waals surface area contributed by atoms with Crippen molar-refractivity contribution in [3.63, 3.8) is 0 Å². The average molecular weight is 277 g/mol. The summed E-state index contributed by atoms with van der Waals surface area (Å²) in [6, 6.07) is 0. The van der Waals surface area contributed by atoms with Gasteiger partial charge in [-0.3, -0.25) is 0 Å². The minimum Gasteiger partial charge on any atom is -0.493 e. The van der Waals surface area contributed by atoms with E-state index in [1.54, 1.807) is 0 Å². The molecule has 1 fully saturated rings. The molecule has 1 saturated heterocycles. The molecule has 0 aromatic heterocycles. The molecule has 0 radical (unpaired) electrons. The number of alkyl halides is 1. The minimum absolute atomic E-state index is 0.205. The lowest BCUT2D eigenvalue weighted by atomic mass is 10.1. The Kier molecular flexibility index (Phi) is 5.15. The molecule has 0 amide bonds. The van der Waals surface area contributed by atoms with Crippen LogP contribution in [0, 0.1) is 0 Å². The maximum atomic E-state index is 11.6. The van der Waals surface area contributed by atoms with Crippen LogP contribution in [0.5, 0.6) is 0 Å². The number of allylic oxidation sites excluding steroid dienone is 1. The quantitative estimate of drug-likeness (QED) is 0.450. The van der Waals surface area contributed by atoms with Crippen molar-refractivity contribution < 1.29 is 14.3 Å². The van der Waals surface area contributed by atoms with Crippen molar-refractivity contribution in [2.75, 3.05) is 11.9 Å². The number of ether oxygens (including phenoxy) is 2. The van der Waals surface area contributed by atoms with Crippen LogP contribution in [-0.4, -0.2) is 24.0 Å². The van der Waals surface area contributed by atoms with Crippen LogP contribution in [0.2, 0.25) is 0 Å². The molecule has 0 aromatic rings. The van der Waals surface area contributed by atoms with Crippen molar-refractivity contribution in [2.45, 2.75) is 39.2 Å². The van der Waals surface area contributed by atoms with E-state index < -0.39 is 0 Å². The molecule has 0 bridgehead atoms. The fraction of sp³-hybridized carbons (Fsp3) is 0.727. The van der Waals surface area contributed by atoms with Crippen molar-refractivity contribution in [3.8, 4) is 0 Å². The molecule has 0 saturated carbocycles. The second kappa shape index (κ2) is 6.16. The summed E-state index contributed by atoms with van der Waals surface area (Å²) in [6.45, 7) is 4.17. The molecule has 0 spiro atoms. The lowest BCUT2D eigenvalue weighted by Crippen LogP contribution is -2.11. The van der Waals surface area contributed by atoms with Crippen LogP contribution in [0.25, 0.3) is 0 Å². The highest BCUT2D eigenvalue weighted by Crippen LogP contribution is 2.28. The van der Waals surface area contributed by atoms with Gasteiger partial charge >= 0.3 is 5.97 Å². The van der Waals surface area contributed by atoms with Gasteiger partial charge in [0.05, 0.1) is 12.2 Å². The van der Waals surface area contributed by atoms with Gasteiger partial charge in [-0.25, -0.2) is 4.79 Å². The highest BCUT2D eigenvalue weighted by Gasteiger charge is 2.25. The summed E-state index contributed by atoms with van der Waals surface area (Å²) in [6.07, 6.45) is 2.70. The van der Waals surface area contributed by atoms with Gasteiger partial charge in [-0.15, -0.1) is 0 Å². The summed E-state index contributed by atoms with van der Waals surface area (Å²) in [4.78, 5) is 11.6. The Morgan fingerprint density at radius 2 is 2.33 bits per heavy atom. The number of hydrogen-bond donors (Lipinski definition) is 0. The monoisotopic (exact) mass is 276 g/mol. The van der Waals surface area contributed by atoms with E-state index in [0.29, 0.717) is 18.6 Å². The lowest BCUT2D eigenvalue weighted by Gasteiger charge is -2.10. The second-order valence-corrected chi connectivity index (χ2v) is 4.06. The molecule has 1 atom stereocenters. The zero-order chi connectivity index (χ0) is 11.3. The average Bonchev–Trinajstić information content (AvgIpc) is 2.68. The van der Waals surface area contributed by atoms with Crippen molar-refractivity contribution >= 4 is 21.9 Å². The van der Waals surface area contributed by atoms with Gasteiger partial charge in [0, 0.05) is 11.8 Å². The molecule has 0 N–H and O–H groups in total. The molecule has 0 aromatic carbocycles. The van der Waals surface area contributed by atoms with Gasteiger partial charge in [-0.05, 0) is 19.8 Å². The number of carbonyl (C=O) groups is 1. The fourth-order valence-corrected chi connectivity index (χ4v) is 2.07. The summed E-state index contributed by atoms with van der Waals surface area (Å²) >= 11 is 3.38. The Hall–Kier alpha value is -0.510. The standard InChI is InChI=1S/C11H17BrO3/c1-3-9(11(13)14-4-2)10-6-5-8(7-12)15-10/h8H,3-7H2,1-2H3/b10-9+/t8-/m1/s1. The molecule has 15 heavy (non-hydrogen) atoms. The highest BCUT2D eigenvalue weighted by molar-refractivity contribution is 9.09. The number of hydrogen-bond acceptors (Lipinski definition) is 3. The van der Waals surface area contributed by atoms with E-state index in [4.69, 9.17) is 9.47 Å². The van der Waals surface area contributed by atoms with Gasteiger partial charge in [0.1, 0.15) is 11.9 Å². The summed E-state index contributed by atoms with van der Waals surface area (Å²) in [5.41, 5.74) is 0.695. The maximum Gasteiger partial charge on any atom is 0.337 e. The molecule has 86 valence electrons. The Bertz CT molecular complexity index is 261. The van der Waals surface area contributed by atoms with E-state index in [2.05, 4.69) is 15.9 Å². The van der Waals surface area contributed by atoms with Crippen LogP contribution < -0.4 is 0 Å². The van der Waals surface area contributed by atoms with Gasteiger partial charge in [0.2, 0.25) is 0 Å². The number of halogens is 1. The van der Waals surface area contributed by atoms with Crippen LogP contribution in [0.15, 0.2) is 11.3 Å². The molecule has 1 aliphatic rings. The molecule has 1 aliphatic heterocycles. The van der Waals surface area contributed by atoms with Crippen molar-refractivity contribution in [1.82, 2.24) is 0 Å². The number of rotatable bonds is 4. The summed E-state index contributed by atoms with van der Waals surface area (Å²) in [5, 5.41) is 0.816. The second-order valence-electron chi connectivity index (χ2n) is 3.41. The molecule has 0 unspecified atom stereocenters. The molecule has 0 aliphatic carbocycles. The predicted molar refractivity (Wildman–Crippen MR) is 61.9 cm³/mol. The first-order chi connectivity index (χ1) is 7.22. The van der Waals surface area contributed by atoms with E-state index in [0.717, 1.165) is 23.9 Å². The van der Waals surface area contributed by atoms with Gasteiger partial charge in [-0.1, -0.05) is 22.9 Å². The third kappa shape index (κ3) is 3.23. The zero-order valence-corrected chi connectivity index (χ0v) is 10.8. The predicted octanol–water partition coefficient (Wildman–Crippen LogP) is 2.79. The fourth-order valence-electron chi connectivity index (χ4n) is 1.62. The van der Waals surface area contributed by atoms with Crippen molar-refractivity contribution in [2.24, 2.45) is 0 Å². The molecule has 1 heterocycles. The molecular formula is C11H17BrO3. The lowest BCUT2D eigenvalue weighted by molar-refractivity contribution is -0.138.